The van der Waals surface area contributed by atoms with Gasteiger partial charge in [-0.15, -0.1) is 11.3 Å². The zero-order chi connectivity index (χ0) is 26.9. The first-order valence-corrected chi connectivity index (χ1v) is 12.9. The van der Waals surface area contributed by atoms with Gasteiger partial charge >= 0.3 is 6.18 Å². The molecule has 0 bridgehead atoms. The molecule has 0 aliphatic carbocycles. The number of hydrogen-bond acceptors (Lipinski definition) is 8. The molecule has 14 heteroatoms. The number of carbonyl (C=O) groups excluding carboxylic acids is 1. The monoisotopic (exact) mass is 569 g/mol. The molecule has 1 amide bonds. The van der Waals surface area contributed by atoms with E-state index in [0.29, 0.717) is 49.8 Å². The van der Waals surface area contributed by atoms with Crippen LogP contribution >= 0.6 is 22.9 Å². The van der Waals surface area contributed by atoms with Crippen LogP contribution in [0.1, 0.15) is 53.2 Å². The summed E-state index contributed by atoms with van der Waals surface area (Å²) in [6, 6.07) is 5.12. The summed E-state index contributed by atoms with van der Waals surface area (Å²) >= 11 is 7.63. The quantitative estimate of drug-likeness (QED) is 0.370. The third-order valence-corrected chi connectivity index (χ3v) is 7.62. The minimum atomic E-state index is -4.63. The molecule has 2 aliphatic heterocycles. The van der Waals surface area contributed by atoms with Crippen molar-refractivity contribution in [2.75, 3.05) is 19.7 Å². The standard InChI is InChI=1S/C24H20ClF4N5O3S/c25-14-2-1-3-15(26)22(14)18-8-16(33-37-18)17-11-38-23(32-17)13-4-6-34(7-5-13)21(35)10-36-20-9-19(24(27,28)29)30-12-31-20/h1-3,9,11-13,18H,4-8,10H2. The van der Waals surface area contributed by atoms with Crippen LogP contribution in [0.25, 0.3) is 0 Å². The molecule has 38 heavy (non-hydrogen) atoms. The molecule has 0 radical (unpaired) electrons. The number of benzene rings is 1. The summed E-state index contributed by atoms with van der Waals surface area (Å²) in [4.78, 5) is 31.1. The maximum Gasteiger partial charge on any atom is 0.433 e. The van der Waals surface area contributed by atoms with Gasteiger partial charge in [-0.2, -0.15) is 13.2 Å². The molecule has 1 fully saturated rings. The van der Waals surface area contributed by atoms with E-state index in [9.17, 15) is 22.4 Å². The number of rotatable bonds is 6. The van der Waals surface area contributed by atoms with Gasteiger partial charge in [-0.25, -0.2) is 19.3 Å². The second-order valence-corrected chi connectivity index (χ2v) is 10.0. The number of piperidine rings is 1. The number of hydrogen-bond donors (Lipinski definition) is 0. The zero-order valence-corrected chi connectivity index (χ0v) is 21.2. The SMILES string of the molecule is O=C(COc1cc(C(F)(F)F)ncn1)N1CCC(c2nc(C3=NOC(c4c(F)cccc4Cl)C3)cs2)CC1. The van der Waals surface area contributed by atoms with Gasteiger partial charge in [-0.1, -0.05) is 22.8 Å². The fraction of sp³-hybridized carbons (Fsp3) is 0.375. The number of thiazole rings is 1. The van der Waals surface area contributed by atoms with E-state index in [0.717, 1.165) is 11.3 Å². The van der Waals surface area contributed by atoms with Crippen LogP contribution in [0.2, 0.25) is 5.02 Å². The Hall–Kier alpha value is -3.32. The lowest BCUT2D eigenvalue weighted by Gasteiger charge is -2.31. The van der Waals surface area contributed by atoms with Crippen LogP contribution in [0.3, 0.4) is 0 Å². The Bertz CT molecular complexity index is 1340. The van der Waals surface area contributed by atoms with Crippen LogP contribution in [0.15, 0.2) is 41.1 Å². The lowest BCUT2D eigenvalue weighted by atomic mass is 9.97. The molecule has 1 saturated heterocycles. The molecule has 2 aliphatic rings. The molecular weight excluding hydrogens is 550 g/mol. The normalized spacial score (nSPS) is 18.3. The topological polar surface area (TPSA) is 89.8 Å². The Morgan fingerprint density at radius 3 is 2.76 bits per heavy atom. The molecule has 2 aromatic heterocycles. The Morgan fingerprint density at radius 2 is 2.03 bits per heavy atom. The van der Waals surface area contributed by atoms with Crippen molar-refractivity contribution < 1.29 is 31.9 Å². The number of nitrogens with zero attached hydrogens (tertiary/aromatic N) is 5. The fourth-order valence-electron chi connectivity index (χ4n) is 4.29. The van der Waals surface area contributed by atoms with Crippen molar-refractivity contribution in [2.24, 2.45) is 5.16 Å². The lowest BCUT2D eigenvalue weighted by molar-refractivity contribution is -0.141. The molecular formula is C24H20ClF4N5O3S. The average Bonchev–Trinajstić information content (AvgIpc) is 3.57. The number of carbonyl (C=O) groups is 1. The van der Waals surface area contributed by atoms with Gasteiger partial charge in [0.1, 0.15) is 17.9 Å². The number of amides is 1. The van der Waals surface area contributed by atoms with Gasteiger partial charge < -0.3 is 14.5 Å². The fourth-order valence-corrected chi connectivity index (χ4v) is 5.57. The first kappa shape index (κ1) is 26.3. The van der Waals surface area contributed by atoms with E-state index >= 15 is 0 Å². The predicted molar refractivity (Wildman–Crippen MR) is 130 cm³/mol. The van der Waals surface area contributed by atoms with E-state index in [4.69, 9.17) is 26.2 Å². The summed E-state index contributed by atoms with van der Waals surface area (Å²) in [5, 5.41) is 7.16. The van der Waals surface area contributed by atoms with Crippen molar-refractivity contribution in [1.29, 1.82) is 0 Å². The summed E-state index contributed by atoms with van der Waals surface area (Å²) in [6.07, 6.45) is -2.83. The van der Waals surface area contributed by atoms with Crippen LogP contribution in [0.5, 0.6) is 5.88 Å². The molecule has 1 aromatic carbocycles. The number of aromatic nitrogens is 3. The first-order chi connectivity index (χ1) is 18.2. The Morgan fingerprint density at radius 1 is 1.24 bits per heavy atom. The average molecular weight is 570 g/mol. The van der Waals surface area contributed by atoms with E-state index in [2.05, 4.69) is 15.1 Å². The van der Waals surface area contributed by atoms with Crippen molar-refractivity contribution in [3.05, 3.63) is 68.8 Å². The second-order valence-electron chi connectivity index (χ2n) is 8.73. The van der Waals surface area contributed by atoms with Crippen LogP contribution < -0.4 is 4.74 Å². The third-order valence-electron chi connectivity index (χ3n) is 6.28. The molecule has 8 nitrogen and oxygen atoms in total. The van der Waals surface area contributed by atoms with Gasteiger partial charge in [0.25, 0.3) is 5.91 Å². The highest BCUT2D eigenvalue weighted by Crippen LogP contribution is 2.37. The van der Waals surface area contributed by atoms with E-state index < -0.39 is 30.4 Å². The van der Waals surface area contributed by atoms with Crippen LogP contribution in [-0.2, 0) is 15.8 Å². The van der Waals surface area contributed by atoms with E-state index in [1.54, 1.807) is 11.0 Å². The molecule has 4 heterocycles. The van der Waals surface area contributed by atoms with Crippen molar-refractivity contribution in [3.8, 4) is 5.88 Å². The maximum atomic E-state index is 14.2. The van der Waals surface area contributed by atoms with Gasteiger partial charge in [-0.3, -0.25) is 4.79 Å². The molecule has 0 N–H and O–H groups in total. The molecule has 0 saturated carbocycles. The first-order valence-electron chi connectivity index (χ1n) is 11.6. The molecule has 200 valence electrons. The molecule has 3 aromatic rings. The second kappa shape index (κ2) is 10.8. The predicted octanol–water partition coefficient (Wildman–Crippen LogP) is 5.40. The van der Waals surface area contributed by atoms with E-state index in [-0.39, 0.29) is 28.3 Å². The van der Waals surface area contributed by atoms with Crippen LogP contribution in [0.4, 0.5) is 17.6 Å². The third kappa shape index (κ3) is 5.73. The largest absolute Gasteiger partial charge is 0.467 e. The smallest absolute Gasteiger partial charge is 0.433 e. The summed E-state index contributed by atoms with van der Waals surface area (Å²) < 4.78 is 57.8. The van der Waals surface area contributed by atoms with Crippen molar-refractivity contribution >= 4 is 34.6 Å². The Labute approximate surface area is 223 Å². The summed E-state index contributed by atoms with van der Waals surface area (Å²) in [7, 11) is 0. The van der Waals surface area contributed by atoms with Crippen molar-refractivity contribution in [2.45, 2.75) is 37.5 Å². The molecule has 1 unspecified atom stereocenters. The Balaban J connectivity index is 1.13. The van der Waals surface area contributed by atoms with Crippen LogP contribution in [0, 0.1) is 5.82 Å². The number of likely N-dealkylation sites (tertiary alicyclic amines) is 1. The van der Waals surface area contributed by atoms with Crippen molar-refractivity contribution in [1.82, 2.24) is 19.9 Å². The highest BCUT2D eigenvalue weighted by Gasteiger charge is 2.34. The molecule has 5 rings (SSSR count). The van der Waals surface area contributed by atoms with Gasteiger partial charge in [0.05, 0.1) is 15.7 Å². The van der Waals surface area contributed by atoms with Gasteiger partial charge in [-0.05, 0) is 25.0 Å². The van der Waals surface area contributed by atoms with E-state index in [1.807, 2.05) is 5.38 Å². The highest BCUT2D eigenvalue weighted by molar-refractivity contribution is 7.10. The zero-order valence-electron chi connectivity index (χ0n) is 19.6. The van der Waals surface area contributed by atoms with Crippen LogP contribution in [-0.4, -0.2) is 51.2 Å². The summed E-state index contributed by atoms with van der Waals surface area (Å²) in [6.45, 7) is 0.488. The highest BCUT2D eigenvalue weighted by atomic mass is 35.5. The minimum absolute atomic E-state index is 0.134. The van der Waals surface area contributed by atoms with Gasteiger partial charge in [0.15, 0.2) is 18.4 Å². The van der Waals surface area contributed by atoms with E-state index in [1.165, 1.54) is 23.5 Å². The number of ether oxygens (including phenoxy) is 1. The van der Waals surface area contributed by atoms with Gasteiger partial charge in [0.2, 0.25) is 5.88 Å². The number of oxime groups is 1. The minimum Gasteiger partial charge on any atom is -0.467 e. The maximum absolute atomic E-state index is 14.2. The molecule has 0 spiro atoms. The molecule has 1 atom stereocenters. The number of halogens is 5. The lowest BCUT2D eigenvalue weighted by Crippen LogP contribution is -2.40. The summed E-state index contributed by atoms with van der Waals surface area (Å²) in [5.74, 6) is -0.975. The summed E-state index contributed by atoms with van der Waals surface area (Å²) in [5.41, 5.74) is 0.403. The van der Waals surface area contributed by atoms with Crippen molar-refractivity contribution in [3.63, 3.8) is 0 Å². The van der Waals surface area contributed by atoms with Gasteiger partial charge in [0, 0.05) is 42.4 Å². The Kier molecular flexibility index (Phi) is 7.48. The number of alkyl halides is 3.